The first-order valence-corrected chi connectivity index (χ1v) is 10.3. The van der Waals surface area contributed by atoms with Gasteiger partial charge in [-0.25, -0.2) is 0 Å². The van der Waals surface area contributed by atoms with Gasteiger partial charge >= 0.3 is 0 Å². The van der Waals surface area contributed by atoms with Crippen molar-refractivity contribution in [2.45, 2.75) is 0 Å². The molecule has 0 aliphatic carbocycles. The summed E-state index contributed by atoms with van der Waals surface area (Å²) in [6, 6.07) is 13.8. The van der Waals surface area contributed by atoms with E-state index in [0.717, 1.165) is 0 Å². The second-order valence-electron chi connectivity index (χ2n) is 7.02. The van der Waals surface area contributed by atoms with Crippen LogP contribution in [0.5, 0.6) is 17.2 Å². The number of benzene rings is 2. The Kier molecular flexibility index (Phi) is 8.27. The van der Waals surface area contributed by atoms with E-state index in [1.807, 2.05) is 6.07 Å². The summed E-state index contributed by atoms with van der Waals surface area (Å²) < 4.78 is 21.5. The number of para-hydroxylation sites is 2. The molecule has 2 amide bonds. The van der Waals surface area contributed by atoms with Gasteiger partial charge in [-0.2, -0.15) is 5.26 Å². The molecule has 9 heteroatoms. The molecule has 3 rings (SSSR count). The zero-order valence-electron chi connectivity index (χ0n) is 18.5. The standard InChI is InChI=1S/C24H25N3O6/c1-30-20-6-4-3-5-19(20)26-24(29)18(15-25)13-17-7-8-21(22(14-17)31-2)33-16-23(28)27-9-11-32-12-10-27/h3-8,13-14H,9-12,16H2,1-2H3,(H,26,29)/b18-13+. The van der Waals surface area contributed by atoms with Crippen molar-refractivity contribution in [2.24, 2.45) is 0 Å². The number of rotatable bonds is 8. The third kappa shape index (κ3) is 6.24. The molecule has 33 heavy (non-hydrogen) atoms. The summed E-state index contributed by atoms with van der Waals surface area (Å²) in [6.07, 6.45) is 1.44. The minimum atomic E-state index is -0.572. The fourth-order valence-corrected chi connectivity index (χ4v) is 3.19. The lowest BCUT2D eigenvalue weighted by Crippen LogP contribution is -2.43. The largest absolute Gasteiger partial charge is 0.495 e. The maximum absolute atomic E-state index is 12.6. The molecular weight excluding hydrogens is 426 g/mol. The lowest BCUT2D eigenvalue weighted by Gasteiger charge is -2.26. The molecule has 1 fully saturated rings. The van der Waals surface area contributed by atoms with Gasteiger partial charge in [-0.05, 0) is 35.9 Å². The summed E-state index contributed by atoms with van der Waals surface area (Å²) in [5, 5.41) is 12.2. The van der Waals surface area contributed by atoms with E-state index in [2.05, 4.69) is 5.32 Å². The number of ether oxygens (including phenoxy) is 4. The lowest BCUT2D eigenvalue weighted by molar-refractivity contribution is -0.137. The topological polar surface area (TPSA) is 110 Å². The van der Waals surface area contributed by atoms with Crippen LogP contribution in [0.25, 0.3) is 6.08 Å². The van der Waals surface area contributed by atoms with Crippen molar-refractivity contribution in [3.63, 3.8) is 0 Å². The fourth-order valence-electron chi connectivity index (χ4n) is 3.19. The molecule has 0 spiro atoms. The van der Waals surface area contributed by atoms with E-state index in [4.69, 9.17) is 18.9 Å². The van der Waals surface area contributed by atoms with Crippen LogP contribution < -0.4 is 19.5 Å². The monoisotopic (exact) mass is 451 g/mol. The Bertz CT molecular complexity index is 1070. The summed E-state index contributed by atoms with van der Waals surface area (Å²) in [4.78, 5) is 26.6. The number of carbonyl (C=O) groups excluding carboxylic acids is 2. The predicted octanol–water partition coefficient (Wildman–Crippen LogP) is 2.49. The highest BCUT2D eigenvalue weighted by Crippen LogP contribution is 2.29. The predicted molar refractivity (Wildman–Crippen MR) is 121 cm³/mol. The molecule has 9 nitrogen and oxygen atoms in total. The Hall–Kier alpha value is -4.03. The molecule has 0 unspecified atom stereocenters. The van der Waals surface area contributed by atoms with E-state index in [0.29, 0.717) is 54.8 Å². The van der Waals surface area contributed by atoms with Crippen molar-refractivity contribution in [1.82, 2.24) is 4.90 Å². The minimum Gasteiger partial charge on any atom is -0.495 e. The number of methoxy groups -OCH3 is 2. The molecular formula is C24H25N3O6. The maximum atomic E-state index is 12.6. The maximum Gasteiger partial charge on any atom is 0.266 e. The van der Waals surface area contributed by atoms with Gasteiger partial charge in [0, 0.05) is 13.1 Å². The molecule has 0 aromatic heterocycles. The van der Waals surface area contributed by atoms with Gasteiger partial charge in [-0.3, -0.25) is 9.59 Å². The van der Waals surface area contributed by atoms with Gasteiger partial charge in [0.05, 0.1) is 33.1 Å². The Morgan fingerprint density at radius 1 is 1.09 bits per heavy atom. The van der Waals surface area contributed by atoms with Crippen LogP contribution in [-0.4, -0.2) is 63.8 Å². The number of amides is 2. The number of nitriles is 1. The molecule has 2 aromatic carbocycles. The van der Waals surface area contributed by atoms with Crippen LogP contribution in [0.1, 0.15) is 5.56 Å². The number of anilines is 1. The molecule has 2 aromatic rings. The molecule has 0 atom stereocenters. The van der Waals surface area contributed by atoms with Crippen molar-refractivity contribution < 1.29 is 28.5 Å². The molecule has 1 aliphatic rings. The van der Waals surface area contributed by atoms with E-state index in [1.165, 1.54) is 20.3 Å². The molecule has 0 bridgehead atoms. The highest BCUT2D eigenvalue weighted by Gasteiger charge is 2.18. The summed E-state index contributed by atoms with van der Waals surface area (Å²) in [6.45, 7) is 1.98. The second kappa shape index (κ2) is 11.5. The first kappa shape index (κ1) is 23.6. The van der Waals surface area contributed by atoms with Crippen molar-refractivity contribution in [3.05, 3.63) is 53.6 Å². The van der Waals surface area contributed by atoms with Crippen LogP contribution in [0.2, 0.25) is 0 Å². The first-order chi connectivity index (χ1) is 16.0. The van der Waals surface area contributed by atoms with Gasteiger partial charge in [-0.1, -0.05) is 18.2 Å². The van der Waals surface area contributed by atoms with E-state index in [1.54, 1.807) is 47.4 Å². The Labute approximate surface area is 192 Å². The van der Waals surface area contributed by atoms with E-state index in [9.17, 15) is 14.9 Å². The second-order valence-corrected chi connectivity index (χ2v) is 7.02. The Balaban J connectivity index is 1.70. The molecule has 172 valence electrons. The van der Waals surface area contributed by atoms with Crippen molar-refractivity contribution in [2.75, 3.05) is 52.4 Å². The van der Waals surface area contributed by atoms with Gasteiger partial charge in [0.2, 0.25) is 0 Å². The molecule has 1 saturated heterocycles. The highest BCUT2D eigenvalue weighted by atomic mass is 16.5. The van der Waals surface area contributed by atoms with Crippen molar-refractivity contribution in [3.8, 4) is 23.3 Å². The molecule has 1 aliphatic heterocycles. The Morgan fingerprint density at radius 3 is 2.52 bits per heavy atom. The summed E-state index contributed by atoms with van der Waals surface area (Å²) in [5.41, 5.74) is 0.918. The van der Waals surface area contributed by atoms with Crippen LogP contribution in [-0.2, 0) is 14.3 Å². The number of nitrogens with one attached hydrogen (secondary N) is 1. The smallest absolute Gasteiger partial charge is 0.266 e. The van der Waals surface area contributed by atoms with Crippen molar-refractivity contribution >= 4 is 23.6 Å². The quantitative estimate of drug-likeness (QED) is 0.485. The number of hydrogen-bond acceptors (Lipinski definition) is 7. The third-order valence-corrected chi connectivity index (χ3v) is 4.93. The van der Waals surface area contributed by atoms with Gasteiger partial charge in [0.25, 0.3) is 11.8 Å². The molecule has 0 saturated carbocycles. The molecule has 1 heterocycles. The zero-order chi connectivity index (χ0) is 23.6. The average molecular weight is 451 g/mol. The van der Waals surface area contributed by atoms with E-state index < -0.39 is 5.91 Å². The third-order valence-electron chi connectivity index (χ3n) is 4.93. The normalized spacial score (nSPS) is 13.6. The van der Waals surface area contributed by atoms with Crippen LogP contribution >= 0.6 is 0 Å². The first-order valence-electron chi connectivity index (χ1n) is 10.3. The number of carbonyl (C=O) groups is 2. The summed E-state index contributed by atoms with van der Waals surface area (Å²) in [7, 11) is 2.97. The molecule has 0 radical (unpaired) electrons. The summed E-state index contributed by atoms with van der Waals surface area (Å²) >= 11 is 0. The fraction of sp³-hybridized carbons (Fsp3) is 0.292. The van der Waals surface area contributed by atoms with Crippen LogP contribution in [0.15, 0.2) is 48.0 Å². The Morgan fingerprint density at radius 2 is 1.82 bits per heavy atom. The van der Waals surface area contributed by atoms with Crippen LogP contribution in [0.4, 0.5) is 5.69 Å². The number of hydrogen-bond donors (Lipinski definition) is 1. The van der Waals surface area contributed by atoms with Crippen LogP contribution in [0.3, 0.4) is 0 Å². The van der Waals surface area contributed by atoms with Crippen LogP contribution in [0, 0.1) is 11.3 Å². The van der Waals surface area contributed by atoms with Gasteiger partial charge in [-0.15, -0.1) is 0 Å². The molecule has 1 N–H and O–H groups in total. The van der Waals surface area contributed by atoms with E-state index in [-0.39, 0.29) is 18.1 Å². The summed E-state index contributed by atoms with van der Waals surface area (Å²) in [5.74, 6) is 0.536. The zero-order valence-corrected chi connectivity index (χ0v) is 18.5. The van der Waals surface area contributed by atoms with Gasteiger partial charge < -0.3 is 29.2 Å². The number of morpholine rings is 1. The average Bonchev–Trinajstić information content (AvgIpc) is 2.86. The number of nitrogens with zero attached hydrogens (tertiary/aromatic N) is 2. The van der Waals surface area contributed by atoms with E-state index >= 15 is 0 Å². The van der Waals surface area contributed by atoms with Gasteiger partial charge in [0.15, 0.2) is 18.1 Å². The lowest BCUT2D eigenvalue weighted by atomic mass is 10.1. The highest BCUT2D eigenvalue weighted by molar-refractivity contribution is 6.10. The minimum absolute atomic E-state index is 0.0980. The van der Waals surface area contributed by atoms with Gasteiger partial charge in [0.1, 0.15) is 17.4 Å². The van der Waals surface area contributed by atoms with Crippen molar-refractivity contribution in [1.29, 1.82) is 5.26 Å². The SMILES string of the molecule is COc1ccccc1NC(=O)/C(C#N)=C/c1ccc(OCC(=O)N2CCOCC2)c(OC)c1.